The van der Waals surface area contributed by atoms with E-state index in [9.17, 15) is 24.6 Å². The number of alkyl halides is 1. The van der Waals surface area contributed by atoms with Crippen molar-refractivity contribution in [1.82, 2.24) is 30.5 Å². The molecule has 0 amide bonds. The maximum absolute atomic E-state index is 11.7. The number of hydrogen-bond acceptors (Lipinski definition) is 18. The topological polar surface area (TPSA) is 290 Å². The summed E-state index contributed by atoms with van der Waals surface area (Å²) in [5, 5.41) is 59.2. The van der Waals surface area contributed by atoms with Gasteiger partial charge < -0.3 is 41.6 Å². The van der Waals surface area contributed by atoms with Crippen LogP contribution in [0.15, 0.2) is 101 Å². The fourth-order valence-electron chi connectivity index (χ4n) is 7.19. The molecule has 10 N–H and O–H groups in total. The average Bonchev–Trinajstić information content (AvgIpc) is 0.845. The number of carbonyl (C=O) groups excluding carboxylic acids is 2. The van der Waals surface area contributed by atoms with Crippen LogP contribution in [-0.2, 0) is 45.9 Å². The first-order chi connectivity index (χ1) is 49.8. The van der Waals surface area contributed by atoms with E-state index in [2.05, 4.69) is 247 Å². The minimum Gasteiger partial charge on any atom is -1.00 e. The summed E-state index contributed by atoms with van der Waals surface area (Å²) in [5.41, 5.74) is 11.1. The quantitative estimate of drug-likeness (QED) is 0.00373. The van der Waals surface area contributed by atoms with Gasteiger partial charge in [0, 0.05) is 66.1 Å². The molecule has 0 fully saturated rings. The fraction of sp³-hybridized carbons (Fsp3) is 0.727. The van der Waals surface area contributed by atoms with Crippen molar-refractivity contribution in [1.29, 1.82) is 0 Å². The van der Waals surface area contributed by atoms with Crippen molar-refractivity contribution in [3.05, 3.63) is 113 Å². The number of carboxylic acids is 1. The Bertz CT molecular complexity index is 2780. The number of benzene rings is 3. The predicted molar refractivity (Wildman–Crippen MR) is 510 cm³/mol. The first-order valence-electron chi connectivity index (χ1n) is 37.4. The number of halogens is 2. The number of aliphatic carboxylic acids is 1. The number of thioether (sulfide) groups is 1. The third-order valence-corrected chi connectivity index (χ3v) is 38.1. The zero-order chi connectivity index (χ0) is 84.8. The molecule has 20 atom stereocenters. The van der Waals surface area contributed by atoms with Gasteiger partial charge in [-0.25, -0.2) is 0 Å². The Labute approximate surface area is 724 Å². The van der Waals surface area contributed by atoms with Gasteiger partial charge in [0.1, 0.15) is 11.8 Å². The van der Waals surface area contributed by atoms with E-state index >= 15 is 0 Å². The molecule has 20 nitrogen and oxygen atoms in total. The number of carboxylic acid groups (broad SMARTS) is 1. The van der Waals surface area contributed by atoms with E-state index < -0.39 is 36.0 Å². The molecule has 0 saturated heterocycles. The second-order valence-electron chi connectivity index (χ2n) is 32.6. The molecule has 6 unspecified atom stereocenters. The van der Waals surface area contributed by atoms with Gasteiger partial charge in [0.2, 0.25) is 5.12 Å². The van der Waals surface area contributed by atoms with Gasteiger partial charge in [-0.3, -0.25) is 44.9 Å². The van der Waals surface area contributed by atoms with Crippen molar-refractivity contribution in [3.63, 3.8) is 0 Å². The Hall–Kier alpha value is 0.377. The number of ether oxygens (including phenoxy) is 2. The summed E-state index contributed by atoms with van der Waals surface area (Å²) in [6.07, 6.45) is 2.10. The molecule has 0 aliphatic rings. The van der Waals surface area contributed by atoms with Gasteiger partial charge in [-0.15, -0.1) is 0 Å². The molecule has 3 aromatic carbocycles. The number of Topliss-reactive ketones (excluding diaryl/α,β-unsaturated/α-hetero) is 1. The van der Waals surface area contributed by atoms with Crippen LogP contribution < -0.4 is 30.5 Å². The Kier molecular flexibility index (Phi) is 77.6. The summed E-state index contributed by atoms with van der Waals surface area (Å²) in [4.78, 5) is 36.9. The normalized spacial score (nSPS) is 15.3. The third kappa shape index (κ3) is 65.3. The van der Waals surface area contributed by atoms with Crippen molar-refractivity contribution in [2.45, 2.75) is 299 Å². The smallest absolute Gasteiger partial charge is 1.00 e. The zero-order valence-electron chi connectivity index (χ0n) is 73.6. The van der Waals surface area contributed by atoms with Gasteiger partial charge >= 0.3 is 29.0 Å². The Morgan fingerprint density at radius 3 is 1.19 bits per heavy atom. The van der Waals surface area contributed by atoms with E-state index in [0.29, 0.717) is 48.8 Å². The molecule has 0 radical (unpaired) electrons. The van der Waals surface area contributed by atoms with Gasteiger partial charge in [0.15, 0.2) is 24.0 Å². The van der Waals surface area contributed by atoms with Crippen molar-refractivity contribution in [2.24, 2.45) is 34.7 Å². The molecule has 0 heterocycles. The molecule has 0 aromatic heterocycles. The van der Waals surface area contributed by atoms with Crippen molar-refractivity contribution >= 4 is 159 Å². The van der Waals surface area contributed by atoms with Crippen LogP contribution >= 0.6 is 95.1 Å². The van der Waals surface area contributed by atoms with Crippen LogP contribution in [0, 0.1) is 29.6 Å². The maximum Gasteiger partial charge on any atom is 2.00 e. The molecule has 0 aliphatic heterocycles. The molecule has 0 aliphatic carbocycles. The van der Waals surface area contributed by atoms with E-state index in [1.165, 1.54) is 17.3 Å². The van der Waals surface area contributed by atoms with Crippen molar-refractivity contribution in [2.75, 3.05) is 38.4 Å². The molecule has 642 valence electrons. The maximum atomic E-state index is 11.7. The molecule has 33 heteroatoms. The van der Waals surface area contributed by atoms with E-state index in [1.807, 2.05) is 127 Å². The first-order valence-corrected chi connectivity index (χ1v) is 52.6. The predicted octanol–water partition coefficient (Wildman–Crippen LogP) is 19.2. The van der Waals surface area contributed by atoms with Gasteiger partial charge in [0.25, 0.3) is 0 Å². The summed E-state index contributed by atoms with van der Waals surface area (Å²) >= 11 is 10.8. The summed E-state index contributed by atoms with van der Waals surface area (Å²) in [6.45, 7) is 59.5. The van der Waals surface area contributed by atoms with E-state index in [4.69, 9.17) is 45.1 Å². The van der Waals surface area contributed by atoms with Gasteiger partial charge in [-0.1, -0.05) is 285 Å². The summed E-state index contributed by atoms with van der Waals surface area (Å²) < 4.78 is 23.6. The van der Waals surface area contributed by atoms with Crippen LogP contribution in [0.25, 0.3) is 10.4 Å². The van der Waals surface area contributed by atoms with Crippen LogP contribution in [0.1, 0.15) is 186 Å². The molecule has 0 spiro atoms. The first kappa shape index (κ1) is 124. The number of nitrogens with one attached hydrogen (secondary N) is 6. The fourth-order valence-corrected chi connectivity index (χ4v) is 11.7. The van der Waals surface area contributed by atoms with Crippen LogP contribution in [0.5, 0.6) is 0 Å². The molecule has 3 rings (SSSR count). The number of rotatable bonds is 38. The Morgan fingerprint density at radius 1 is 0.545 bits per heavy atom. The molecule has 0 saturated carbocycles. The van der Waals surface area contributed by atoms with Gasteiger partial charge in [-0.05, 0) is 160 Å². The largest absolute Gasteiger partial charge is 2.00 e. The number of nitrogens with zero attached hydrogens (tertiary/aromatic N) is 3. The number of hydrogen-bond donors (Lipinski definition) is 10. The third-order valence-electron chi connectivity index (χ3n) is 18.6. The average molecular weight is 1830 g/mol. The standard InChI is InChI=1S/C14H22NO2P.C13H31N4OPSi.C13H32NO2PSi.C11H15BrO.C9H12NOPS.C7H18NO2P.C6H15ClSi.C3H8NO2P.CH4.Mg.2H/c1-11(8-14(16)12(2)15-18)9-17-10-13-6-4-3-5-7-13;1-10(8-12(15-17-14)11(2)16-19)9-18-20(6,7)13(3,4)5;1-10(8-12(15)11(2)14-17)9-16-18(6,7)13(3,4)5;1-10(7-12)8-13-9-11-5-3-2-4-6-11;1-7(10-12)9(11)13-8-5-3-2-4-6-8;1-5(4-9)3-7(10)6(2)8-11;1-6(2,3)8(4,5)7;1-2(4-7)3(5)6;;;;/h3-7,11-12,15H,8-10,18H2,1-2H3;10-12,16H,8-9,19H2,1-7H3;10-12,14-15H,8-9,17H2,1-7H3;2-6,10H,7-9H2,1H3;2-7,10H,12H2,1H3;5-10H,3-4,11H2,1-2H3;1-5H3;2,4H,7H2,1H3,(H,5,6);1H4;;;/q;;;;;;;;;+2;2*-1/t11-,12+;10-,11+,12+;10-,11+,12-;10-;7-;5-,6+,7-;;2-;;;;/m111101.0..../s1. The Balaban J connectivity index is -0.000000157. The second kappa shape index (κ2) is 69.1. The van der Waals surface area contributed by atoms with Crippen LogP contribution in [0.4, 0.5) is 0 Å². The van der Waals surface area contributed by atoms with E-state index in [-0.39, 0.29) is 121 Å². The second-order valence-corrected chi connectivity index (χ2v) is 53.2. The van der Waals surface area contributed by atoms with Gasteiger partial charge in [-0.2, -0.15) is 11.1 Å². The summed E-state index contributed by atoms with van der Waals surface area (Å²) in [5.74, 6) is 1.16. The van der Waals surface area contributed by atoms with Crippen LogP contribution in [0.3, 0.4) is 0 Å². The van der Waals surface area contributed by atoms with Gasteiger partial charge in [0.05, 0.1) is 50.2 Å². The molecular weight excluding hydrogens is 1670 g/mol. The number of carbonyl (C=O) groups is 3. The van der Waals surface area contributed by atoms with Crippen LogP contribution in [-0.4, -0.2) is 177 Å². The summed E-state index contributed by atoms with van der Waals surface area (Å²) in [6, 6.07) is 29.5. The van der Waals surface area contributed by atoms with Crippen molar-refractivity contribution in [3.8, 4) is 0 Å². The molecule has 3 aromatic rings. The number of ketones is 1. The monoisotopic (exact) mass is 1830 g/mol. The number of azide groups is 1. The molecule has 0 bridgehead atoms. The Morgan fingerprint density at radius 2 is 0.891 bits per heavy atom. The van der Waals surface area contributed by atoms with Crippen molar-refractivity contribution < 1.29 is 56.0 Å². The van der Waals surface area contributed by atoms with E-state index in [1.54, 1.807) is 6.92 Å². The number of aliphatic hydroxyl groups excluding tert-OH is 3. The SMILES string of the molecule is C.CC(C)(C)[Si](C)(C)Cl.C[C@@H](CO)C[C@@H](O)[C@H](C)NP.C[C@@H](COCc1ccccc1)CC(=O)[C@H](C)NP.C[C@@H](CO[Si](C)(C)C(C)(C)C)C[C@@H](O)[C@H](C)NP.C[C@@H](CO[Si](C)(C)C(C)(C)C)C[C@H](N=[N+]=[N-])[C@H](C)NP.C[C@H](CBr)COCc1ccccc1.C[C@H](NP)C(=O)O.C[C@H](NP)C(=O)Sc1ccccc1.[H-].[H-].[Mg+2]. The molecule has 110 heavy (non-hydrogen) atoms. The zero-order valence-corrected chi connectivity index (χ0v) is 86.1. The summed E-state index contributed by atoms with van der Waals surface area (Å²) in [7, 11) is 9.41. The number of aliphatic hydroxyl groups is 3. The minimum atomic E-state index is -1.70. The van der Waals surface area contributed by atoms with E-state index in [0.717, 1.165) is 55.1 Å². The molecular formula is C77H159BrClMgN9O11P6SSi3. The van der Waals surface area contributed by atoms with Crippen LogP contribution in [0.2, 0.25) is 54.4 Å². The minimum absolute atomic E-state index is 0.